The minimum atomic E-state index is -0.352. The summed E-state index contributed by atoms with van der Waals surface area (Å²) in [5.41, 5.74) is 2.65. The van der Waals surface area contributed by atoms with Crippen molar-refractivity contribution in [3.05, 3.63) is 63.6 Å². The molecule has 2 aromatic carbocycles. The molecule has 26 heavy (non-hydrogen) atoms. The minimum absolute atomic E-state index is 0.0168. The fourth-order valence-electron chi connectivity index (χ4n) is 2.48. The number of ether oxygens (including phenoxy) is 2. The van der Waals surface area contributed by atoms with Crippen molar-refractivity contribution in [2.24, 2.45) is 0 Å². The summed E-state index contributed by atoms with van der Waals surface area (Å²) >= 11 is 3.45. The topological polar surface area (TPSA) is 64.6 Å². The van der Waals surface area contributed by atoms with Gasteiger partial charge in [-0.25, -0.2) is 4.79 Å². The molecule has 0 saturated heterocycles. The molecule has 0 bridgehead atoms. The molecule has 0 aliphatic rings. The van der Waals surface area contributed by atoms with E-state index in [2.05, 4.69) is 26.0 Å². The van der Waals surface area contributed by atoms with Crippen molar-refractivity contribution in [2.45, 2.75) is 19.3 Å². The Morgan fingerprint density at radius 3 is 2.31 bits per heavy atom. The molecule has 138 valence electrons. The van der Waals surface area contributed by atoms with Crippen LogP contribution in [0.1, 0.15) is 27.9 Å². The number of aryl methyl sites for hydroxylation is 1. The summed E-state index contributed by atoms with van der Waals surface area (Å²) in [5, 5.41) is 2.92. The highest BCUT2D eigenvalue weighted by molar-refractivity contribution is 9.10. The molecule has 6 heteroatoms. The lowest BCUT2D eigenvalue weighted by Gasteiger charge is -2.08. The number of amides is 1. The molecule has 1 amide bonds. The smallest absolute Gasteiger partial charge is 0.337 e. The summed E-state index contributed by atoms with van der Waals surface area (Å²) < 4.78 is 10.7. The third kappa shape index (κ3) is 5.88. The lowest BCUT2D eigenvalue weighted by molar-refractivity contribution is -0.121. The van der Waals surface area contributed by atoms with Crippen LogP contribution >= 0.6 is 15.9 Å². The average molecular weight is 420 g/mol. The van der Waals surface area contributed by atoms with Crippen molar-refractivity contribution in [2.75, 3.05) is 20.8 Å². The van der Waals surface area contributed by atoms with Gasteiger partial charge in [-0.2, -0.15) is 0 Å². The highest BCUT2D eigenvalue weighted by Crippen LogP contribution is 2.25. The predicted octanol–water partition coefficient (Wildman–Crippen LogP) is 3.54. The quantitative estimate of drug-likeness (QED) is 0.664. The number of carbonyl (C=O) groups is 2. The largest absolute Gasteiger partial charge is 0.496 e. The highest BCUT2D eigenvalue weighted by Gasteiger charge is 2.06. The molecule has 1 N–H and O–H groups in total. The first kappa shape index (κ1) is 20.0. The van der Waals surface area contributed by atoms with Crippen LogP contribution in [0.3, 0.4) is 0 Å². The molecule has 0 spiro atoms. The molecule has 2 aromatic rings. The van der Waals surface area contributed by atoms with Crippen LogP contribution in [0.4, 0.5) is 0 Å². The van der Waals surface area contributed by atoms with Crippen LogP contribution < -0.4 is 10.1 Å². The van der Waals surface area contributed by atoms with Gasteiger partial charge in [0.15, 0.2) is 0 Å². The Morgan fingerprint density at radius 1 is 1.00 bits per heavy atom. The van der Waals surface area contributed by atoms with E-state index < -0.39 is 0 Å². The van der Waals surface area contributed by atoms with Crippen LogP contribution in [0, 0.1) is 0 Å². The second-order valence-corrected chi connectivity index (χ2v) is 6.61. The number of methoxy groups -OCH3 is 2. The molecule has 0 atom stereocenters. The van der Waals surface area contributed by atoms with Gasteiger partial charge in [0.1, 0.15) is 5.75 Å². The molecule has 0 saturated carbocycles. The molecule has 0 aliphatic carbocycles. The second kappa shape index (κ2) is 9.97. The highest BCUT2D eigenvalue weighted by atomic mass is 79.9. The van der Waals surface area contributed by atoms with E-state index in [4.69, 9.17) is 4.74 Å². The van der Waals surface area contributed by atoms with Crippen LogP contribution in [-0.2, 0) is 22.4 Å². The van der Waals surface area contributed by atoms with E-state index in [9.17, 15) is 9.59 Å². The van der Waals surface area contributed by atoms with Crippen molar-refractivity contribution in [3.63, 3.8) is 0 Å². The molecule has 0 aliphatic heterocycles. The van der Waals surface area contributed by atoms with Gasteiger partial charge in [-0.1, -0.05) is 18.2 Å². The van der Waals surface area contributed by atoms with Crippen molar-refractivity contribution >= 4 is 27.8 Å². The Bertz CT molecular complexity index is 759. The van der Waals surface area contributed by atoms with Crippen LogP contribution in [0.15, 0.2) is 46.9 Å². The Labute approximate surface area is 161 Å². The van der Waals surface area contributed by atoms with E-state index >= 15 is 0 Å². The van der Waals surface area contributed by atoms with E-state index in [1.54, 1.807) is 19.2 Å². The molecule has 0 radical (unpaired) electrons. The maximum Gasteiger partial charge on any atom is 0.337 e. The zero-order chi connectivity index (χ0) is 18.9. The fourth-order valence-corrected chi connectivity index (χ4v) is 3.07. The third-order valence-corrected chi connectivity index (χ3v) is 4.59. The lowest BCUT2D eigenvalue weighted by Crippen LogP contribution is -2.25. The summed E-state index contributed by atoms with van der Waals surface area (Å²) in [7, 11) is 2.98. The second-order valence-electron chi connectivity index (χ2n) is 5.76. The SMILES string of the molecule is COC(=O)c1ccc(CCNC(=O)CCc2ccc(OC)c(Br)c2)cc1. The molecule has 0 unspecified atom stereocenters. The predicted molar refractivity (Wildman–Crippen MR) is 104 cm³/mol. The third-order valence-electron chi connectivity index (χ3n) is 3.97. The van der Waals surface area contributed by atoms with Crippen LogP contribution in [0.25, 0.3) is 0 Å². The van der Waals surface area contributed by atoms with Gasteiger partial charge in [0.2, 0.25) is 5.91 Å². The van der Waals surface area contributed by atoms with Crippen LogP contribution in [0.5, 0.6) is 5.75 Å². The number of carbonyl (C=O) groups excluding carboxylic acids is 2. The summed E-state index contributed by atoms with van der Waals surface area (Å²) in [6, 6.07) is 13.0. The molecule has 0 aromatic heterocycles. The Hall–Kier alpha value is -2.34. The van der Waals surface area contributed by atoms with Gasteiger partial charge in [-0.15, -0.1) is 0 Å². The molecule has 5 nitrogen and oxygen atoms in total. The fraction of sp³-hybridized carbons (Fsp3) is 0.300. The maximum atomic E-state index is 12.0. The average Bonchev–Trinajstić information content (AvgIpc) is 2.66. The van der Waals surface area contributed by atoms with Gasteiger partial charge in [-0.3, -0.25) is 4.79 Å². The number of benzene rings is 2. The monoisotopic (exact) mass is 419 g/mol. The number of hydrogen-bond donors (Lipinski definition) is 1. The zero-order valence-electron chi connectivity index (χ0n) is 14.9. The maximum absolute atomic E-state index is 12.0. The van der Waals surface area contributed by atoms with E-state index in [1.807, 2.05) is 30.3 Å². The molecule has 0 heterocycles. The summed E-state index contributed by atoms with van der Waals surface area (Å²) in [4.78, 5) is 23.4. The van der Waals surface area contributed by atoms with E-state index in [0.717, 1.165) is 21.3 Å². The first-order valence-corrected chi connectivity index (χ1v) is 9.09. The number of halogens is 1. The van der Waals surface area contributed by atoms with Crippen LogP contribution in [0.2, 0.25) is 0 Å². The molecular weight excluding hydrogens is 398 g/mol. The van der Waals surface area contributed by atoms with Gasteiger partial charge >= 0.3 is 5.97 Å². The number of rotatable bonds is 8. The first-order valence-electron chi connectivity index (χ1n) is 8.30. The summed E-state index contributed by atoms with van der Waals surface area (Å²) in [6.07, 6.45) is 1.81. The van der Waals surface area contributed by atoms with Gasteiger partial charge in [0, 0.05) is 13.0 Å². The van der Waals surface area contributed by atoms with Crippen molar-refractivity contribution in [3.8, 4) is 5.75 Å². The van der Waals surface area contributed by atoms with Gasteiger partial charge in [0.25, 0.3) is 0 Å². The van der Waals surface area contributed by atoms with Crippen LogP contribution in [-0.4, -0.2) is 32.6 Å². The number of hydrogen-bond acceptors (Lipinski definition) is 4. The zero-order valence-corrected chi connectivity index (χ0v) is 16.5. The molecule has 2 rings (SSSR count). The first-order chi connectivity index (χ1) is 12.5. The van der Waals surface area contributed by atoms with E-state index in [0.29, 0.717) is 31.4 Å². The Balaban J connectivity index is 1.73. The number of nitrogens with one attached hydrogen (secondary N) is 1. The standard InChI is InChI=1S/C20H22BrNO4/c1-25-18-9-5-15(13-17(18)21)6-10-19(23)22-12-11-14-3-7-16(8-4-14)20(24)26-2/h3-5,7-9,13H,6,10-12H2,1-2H3,(H,22,23). The lowest BCUT2D eigenvalue weighted by atomic mass is 10.1. The van der Waals surface area contributed by atoms with E-state index in [-0.39, 0.29) is 11.9 Å². The minimum Gasteiger partial charge on any atom is -0.496 e. The van der Waals surface area contributed by atoms with Gasteiger partial charge < -0.3 is 14.8 Å². The Kier molecular flexibility index (Phi) is 7.66. The normalized spacial score (nSPS) is 10.3. The molecular formula is C20H22BrNO4. The van der Waals surface area contributed by atoms with Crippen molar-refractivity contribution < 1.29 is 19.1 Å². The molecule has 0 fully saturated rings. The Morgan fingerprint density at radius 2 is 1.69 bits per heavy atom. The van der Waals surface area contributed by atoms with E-state index in [1.165, 1.54) is 7.11 Å². The van der Waals surface area contributed by atoms with Crippen molar-refractivity contribution in [1.82, 2.24) is 5.32 Å². The van der Waals surface area contributed by atoms with Gasteiger partial charge in [0.05, 0.1) is 24.3 Å². The van der Waals surface area contributed by atoms with Gasteiger partial charge in [-0.05, 0) is 64.2 Å². The summed E-state index contributed by atoms with van der Waals surface area (Å²) in [5.74, 6) is 0.439. The summed E-state index contributed by atoms with van der Waals surface area (Å²) in [6.45, 7) is 0.558. The number of esters is 1. The van der Waals surface area contributed by atoms with Crippen molar-refractivity contribution in [1.29, 1.82) is 0 Å².